The van der Waals surface area contributed by atoms with Crippen molar-refractivity contribution in [2.45, 2.75) is 13.5 Å². The van der Waals surface area contributed by atoms with Gasteiger partial charge in [0.2, 0.25) is 0 Å². The molecule has 2 rings (SSSR count). The van der Waals surface area contributed by atoms with Gasteiger partial charge >= 0.3 is 0 Å². The van der Waals surface area contributed by atoms with Crippen LogP contribution in [0, 0.1) is 0 Å². The standard InChI is InChI=1S/C14H15BrN2O2/c1-2-16-9-10-5-3-4-6-11(10)17-14(18)12-7-8-13(15)19-12/h3-8,16H,2,9H2,1H3,(H,17,18). The summed E-state index contributed by atoms with van der Waals surface area (Å²) < 4.78 is 5.77. The Morgan fingerprint density at radius 1 is 1.26 bits per heavy atom. The average Bonchev–Trinajstić information content (AvgIpc) is 2.84. The van der Waals surface area contributed by atoms with E-state index in [0.717, 1.165) is 24.3 Å². The molecule has 1 aromatic heterocycles. The van der Waals surface area contributed by atoms with E-state index in [0.29, 0.717) is 4.67 Å². The molecule has 4 nitrogen and oxygen atoms in total. The summed E-state index contributed by atoms with van der Waals surface area (Å²) in [5.41, 5.74) is 1.84. The number of nitrogens with one attached hydrogen (secondary N) is 2. The summed E-state index contributed by atoms with van der Waals surface area (Å²) in [6.07, 6.45) is 0. The largest absolute Gasteiger partial charge is 0.444 e. The minimum atomic E-state index is -0.255. The highest BCUT2D eigenvalue weighted by atomic mass is 79.9. The maximum Gasteiger partial charge on any atom is 0.291 e. The summed E-state index contributed by atoms with van der Waals surface area (Å²) in [6, 6.07) is 11.0. The van der Waals surface area contributed by atoms with Crippen LogP contribution in [0.4, 0.5) is 5.69 Å². The first-order chi connectivity index (χ1) is 9.20. The third-order valence-electron chi connectivity index (χ3n) is 2.63. The monoisotopic (exact) mass is 322 g/mol. The first kappa shape index (κ1) is 13.8. The molecule has 100 valence electrons. The van der Waals surface area contributed by atoms with Crippen LogP contribution in [-0.2, 0) is 6.54 Å². The molecule has 19 heavy (non-hydrogen) atoms. The fraction of sp³-hybridized carbons (Fsp3) is 0.214. The van der Waals surface area contributed by atoms with Crippen LogP contribution in [0.25, 0.3) is 0 Å². The Hall–Kier alpha value is -1.59. The second kappa shape index (κ2) is 6.54. The zero-order valence-corrected chi connectivity index (χ0v) is 12.2. The van der Waals surface area contributed by atoms with Gasteiger partial charge in [-0.05, 0) is 46.2 Å². The number of rotatable bonds is 5. The molecular weight excluding hydrogens is 308 g/mol. The van der Waals surface area contributed by atoms with E-state index >= 15 is 0 Å². The van der Waals surface area contributed by atoms with Crippen molar-refractivity contribution >= 4 is 27.5 Å². The Labute approximate surface area is 120 Å². The van der Waals surface area contributed by atoms with Gasteiger partial charge in [0.05, 0.1) is 0 Å². The molecule has 0 fully saturated rings. The lowest BCUT2D eigenvalue weighted by atomic mass is 10.1. The van der Waals surface area contributed by atoms with Crippen LogP contribution < -0.4 is 10.6 Å². The van der Waals surface area contributed by atoms with E-state index < -0.39 is 0 Å². The normalized spacial score (nSPS) is 10.4. The minimum Gasteiger partial charge on any atom is -0.444 e. The predicted octanol–water partition coefficient (Wildman–Crippen LogP) is 3.40. The van der Waals surface area contributed by atoms with E-state index in [1.54, 1.807) is 12.1 Å². The molecule has 0 bridgehead atoms. The summed E-state index contributed by atoms with van der Waals surface area (Å²) in [7, 11) is 0. The Kier molecular flexibility index (Phi) is 4.76. The molecule has 2 aromatic rings. The van der Waals surface area contributed by atoms with Crippen LogP contribution in [0.2, 0.25) is 0 Å². The van der Waals surface area contributed by atoms with Crippen molar-refractivity contribution in [1.29, 1.82) is 0 Å². The van der Waals surface area contributed by atoms with E-state index in [1.807, 2.05) is 31.2 Å². The van der Waals surface area contributed by atoms with E-state index in [1.165, 1.54) is 0 Å². The average molecular weight is 323 g/mol. The number of hydrogen-bond acceptors (Lipinski definition) is 3. The lowest BCUT2D eigenvalue weighted by molar-refractivity contribution is 0.0995. The number of benzene rings is 1. The van der Waals surface area contributed by atoms with E-state index in [2.05, 4.69) is 26.6 Å². The molecule has 0 spiro atoms. The van der Waals surface area contributed by atoms with Gasteiger partial charge in [-0.1, -0.05) is 25.1 Å². The van der Waals surface area contributed by atoms with E-state index in [-0.39, 0.29) is 11.7 Å². The van der Waals surface area contributed by atoms with Gasteiger partial charge in [0.25, 0.3) is 5.91 Å². The number of para-hydroxylation sites is 1. The van der Waals surface area contributed by atoms with Crippen molar-refractivity contribution < 1.29 is 9.21 Å². The molecule has 1 aromatic carbocycles. The highest BCUT2D eigenvalue weighted by Gasteiger charge is 2.12. The van der Waals surface area contributed by atoms with Crippen molar-refractivity contribution in [3.63, 3.8) is 0 Å². The number of furan rings is 1. The SMILES string of the molecule is CCNCc1ccccc1NC(=O)c1ccc(Br)o1. The van der Waals surface area contributed by atoms with Crippen LogP contribution in [-0.4, -0.2) is 12.5 Å². The molecule has 0 radical (unpaired) electrons. The number of anilines is 1. The smallest absolute Gasteiger partial charge is 0.291 e. The molecule has 0 aliphatic heterocycles. The van der Waals surface area contributed by atoms with Gasteiger partial charge in [-0.3, -0.25) is 4.79 Å². The van der Waals surface area contributed by atoms with Gasteiger partial charge in [-0.15, -0.1) is 0 Å². The number of amides is 1. The summed E-state index contributed by atoms with van der Waals surface area (Å²) in [5, 5.41) is 6.10. The van der Waals surface area contributed by atoms with Crippen molar-refractivity contribution in [1.82, 2.24) is 5.32 Å². The Balaban J connectivity index is 2.12. The summed E-state index contributed by atoms with van der Waals surface area (Å²) in [6.45, 7) is 3.64. The van der Waals surface area contributed by atoms with Gasteiger partial charge in [-0.2, -0.15) is 0 Å². The highest BCUT2D eigenvalue weighted by molar-refractivity contribution is 9.10. The van der Waals surface area contributed by atoms with Gasteiger partial charge < -0.3 is 15.1 Å². The first-order valence-corrected chi connectivity index (χ1v) is 6.85. The molecule has 0 saturated heterocycles. The maximum atomic E-state index is 12.0. The zero-order valence-electron chi connectivity index (χ0n) is 10.6. The second-order valence-corrected chi connectivity index (χ2v) is 4.78. The molecule has 0 unspecified atom stereocenters. The molecule has 2 N–H and O–H groups in total. The zero-order chi connectivity index (χ0) is 13.7. The van der Waals surface area contributed by atoms with Crippen LogP contribution in [0.5, 0.6) is 0 Å². The Morgan fingerprint density at radius 3 is 2.74 bits per heavy atom. The fourth-order valence-electron chi connectivity index (χ4n) is 1.68. The van der Waals surface area contributed by atoms with Crippen LogP contribution in [0.1, 0.15) is 23.0 Å². The van der Waals surface area contributed by atoms with Gasteiger partial charge in [0.15, 0.2) is 10.4 Å². The van der Waals surface area contributed by atoms with Gasteiger partial charge in [0.1, 0.15) is 0 Å². The quantitative estimate of drug-likeness (QED) is 0.887. The van der Waals surface area contributed by atoms with Gasteiger partial charge in [-0.25, -0.2) is 0 Å². The number of carbonyl (C=O) groups is 1. The molecule has 0 aliphatic carbocycles. The molecule has 0 saturated carbocycles. The molecular formula is C14H15BrN2O2. The highest BCUT2D eigenvalue weighted by Crippen LogP contribution is 2.18. The third kappa shape index (κ3) is 3.68. The van der Waals surface area contributed by atoms with Crippen LogP contribution >= 0.6 is 15.9 Å². The predicted molar refractivity (Wildman–Crippen MR) is 78.2 cm³/mol. The van der Waals surface area contributed by atoms with Crippen molar-refractivity contribution in [3.8, 4) is 0 Å². The number of hydrogen-bond donors (Lipinski definition) is 2. The molecule has 5 heteroatoms. The Bertz CT molecular complexity index is 566. The summed E-state index contributed by atoms with van der Waals surface area (Å²) >= 11 is 3.18. The third-order valence-corrected chi connectivity index (χ3v) is 3.05. The maximum absolute atomic E-state index is 12.0. The van der Waals surface area contributed by atoms with Crippen LogP contribution in [0.3, 0.4) is 0 Å². The second-order valence-electron chi connectivity index (χ2n) is 4.00. The molecule has 1 heterocycles. The lowest BCUT2D eigenvalue weighted by Gasteiger charge is -2.10. The first-order valence-electron chi connectivity index (χ1n) is 6.06. The molecule has 0 atom stereocenters. The van der Waals surface area contributed by atoms with E-state index in [4.69, 9.17) is 4.42 Å². The number of carbonyl (C=O) groups excluding carboxylic acids is 1. The van der Waals surface area contributed by atoms with Crippen molar-refractivity contribution in [2.24, 2.45) is 0 Å². The fourth-order valence-corrected chi connectivity index (χ4v) is 1.98. The minimum absolute atomic E-state index is 0.255. The van der Waals surface area contributed by atoms with Gasteiger partial charge in [0, 0.05) is 12.2 Å². The number of halogens is 1. The summed E-state index contributed by atoms with van der Waals surface area (Å²) in [4.78, 5) is 12.0. The molecule has 0 aliphatic rings. The lowest BCUT2D eigenvalue weighted by Crippen LogP contribution is -2.16. The summed E-state index contributed by atoms with van der Waals surface area (Å²) in [5.74, 6) is 0.0276. The van der Waals surface area contributed by atoms with Crippen molar-refractivity contribution in [2.75, 3.05) is 11.9 Å². The Morgan fingerprint density at radius 2 is 2.05 bits per heavy atom. The molecule has 1 amide bonds. The van der Waals surface area contributed by atoms with E-state index in [9.17, 15) is 4.79 Å². The van der Waals surface area contributed by atoms with Crippen LogP contribution in [0.15, 0.2) is 45.5 Å². The van der Waals surface area contributed by atoms with Crippen molar-refractivity contribution in [3.05, 3.63) is 52.4 Å². The topological polar surface area (TPSA) is 54.3 Å².